The van der Waals surface area contributed by atoms with Gasteiger partial charge >= 0.3 is 6.09 Å². The van der Waals surface area contributed by atoms with Crippen LogP contribution in [-0.4, -0.2) is 62.9 Å². The van der Waals surface area contributed by atoms with Crippen molar-refractivity contribution in [2.45, 2.75) is 64.3 Å². The standard InChI is InChI=1S/C20H26BrN5O5/c1-19(2,3)31-18(27)26(21)17-13-16(22-9-23-17)25(10-24-13)12-7-11(8-28-6)14-15(12)30-20(4,5)29-14/h7,9-10,12,14-15H,8H2,1-6H3. The SMILES string of the molecule is COCC1=CC(n2cnc3c(N(Br)C(=O)OC(C)(C)C)ncnc32)C2OC(C)(C)OC12. The van der Waals surface area contributed by atoms with Crippen LogP contribution in [0.2, 0.25) is 0 Å². The van der Waals surface area contributed by atoms with Gasteiger partial charge in [0.2, 0.25) is 0 Å². The van der Waals surface area contributed by atoms with Crippen LogP contribution in [-0.2, 0) is 18.9 Å². The average molecular weight is 496 g/mol. The molecule has 3 atom stereocenters. The first-order valence-electron chi connectivity index (χ1n) is 9.92. The number of hydrogen-bond donors (Lipinski definition) is 0. The Morgan fingerprint density at radius 2 is 2.03 bits per heavy atom. The van der Waals surface area contributed by atoms with Crippen molar-refractivity contribution in [3.05, 3.63) is 24.3 Å². The zero-order valence-electron chi connectivity index (χ0n) is 18.3. The number of carbonyl (C=O) groups is 1. The molecular weight excluding hydrogens is 470 g/mol. The molecule has 1 aliphatic heterocycles. The summed E-state index contributed by atoms with van der Waals surface area (Å²) in [5, 5.41) is 0. The minimum Gasteiger partial charge on any atom is -0.443 e. The van der Waals surface area contributed by atoms with E-state index < -0.39 is 17.5 Å². The summed E-state index contributed by atoms with van der Waals surface area (Å²) in [6.45, 7) is 9.61. The van der Waals surface area contributed by atoms with Crippen molar-refractivity contribution in [3.63, 3.8) is 0 Å². The molecule has 3 heterocycles. The van der Waals surface area contributed by atoms with Crippen molar-refractivity contribution in [1.82, 2.24) is 19.5 Å². The maximum atomic E-state index is 12.5. The lowest BCUT2D eigenvalue weighted by atomic mass is 10.1. The summed E-state index contributed by atoms with van der Waals surface area (Å²) < 4.78 is 26.1. The molecule has 2 aliphatic rings. The molecule has 0 bridgehead atoms. The quantitative estimate of drug-likeness (QED) is 0.468. The van der Waals surface area contributed by atoms with Gasteiger partial charge in [0.25, 0.3) is 0 Å². The third-order valence-electron chi connectivity index (χ3n) is 4.93. The van der Waals surface area contributed by atoms with Crippen LogP contribution in [0.4, 0.5) is 10.6 Å². The fourth-order valence-corrected chi connectivity index (χ4v) is 4.19. The minimum absolute atomic E-state index is 0.199. The highest BCUT2D eigenvalue weighted by atomic mass is 79.9. The van der Waals surface area contributed by atoms with E-state index in [2.05, 4.69) is 37.2 Å². The first-order chi connectivity index (χ1) is 14.5. The maximum Gasteiger partial charge on any atom is 0.426 e. The summed E-state index contributed by atoms with van der Waals surface area (Å²) >= 11 is 3.25. The normalized spacial score (nSPS) is 24.9. The van der Waals surface area contributed by atoms with Gasteiger partial charge in [0.1, 0.15) is 24.1 Å². The molecule has 2 aromatic rings. The number of rotatable bonds is 4. The molecule has 0 saturated carbocycles. The predicted octanol–water partition coefficient (Wildman–Crippen LogP) is 3.53. The van der Waals surface area contributed by atoms with E-state index in [9.17, 15) is 4.79 Å². The number of halogens is 1. The molecule has 10 nitrogen and oxygen atoms in total. The van der Waals surface area contributed by atoms with Crippen LogP contribution >= 0.6 is 16.1 Å². The van der Waals surface area contributed by atoms with Crippen LogP contribution in [0.5, 0.6) is 0 Å². The first kappa shape index (κ1) is 22.1. The van der Waals surface area contributed by atoms with E-state index >= 15 is 0 Å². The van der Waals surface area contributed by atoms with Crippen molar-refractivity contribution in [3.8, 4) is 0 Å². The maximum absolute atomic E-state index is 12.5. The molecule has 4 rings (SSSR count). The van der Waals surface area contributed by atoms with Gasteiger partial charge in [-0.3, -0.25) is 0 Å². The van der Waals surface area contributed by atoms with E-state index in [1.54, 1.807) is 34.2 Å². The number of hydrogen-bond acceptors (Lipinski definition) is 8. The van der Waals surface area contributed by atoms with Crippen LogP contribution in [0, 0.1) is 0 Å². The molecule has 0 spiro atoms. The molecular formula is C20H26BrN5O5. The van der Waals surface area contributed by atoms with Gasteiger partial charge in [-0.05, 0) is 40.2 Å². The summed E-state index contributed by atoms with van der Waals surface area (Å²) in [6, 6.07) is -0.199. The monoisotopic (exact) mass is 495 g/mol. The lowest BCUT2D eigenvalue weighted by Gasteiger charge is -2.23. The molecule has 168 valence electrons. The highest BCUT2D eigenvalue weighted by Crippen LogP contribution is 2.44. The highest BCUT2D eigenvalue weighted by Gasteiger charge is 2.50. The number of ether oxygens (including phenoxy) is 4. The number of amides is 1. The van der Waals surface area contributed by atoms with E-state index in [1.165, 1.54) is 6.33 Å². The largest absolute Gasteiger partial charge is 0.443 e. The average Bonchev–Trinajstić information content (AvgIpc) is 3.31. The Labute approximate surface area is 188 Å². The van der Waals surface area contributed by atoms with Crippen molar-refractivity contribution < 1.29 is 23.7 Å². The summed E-state index contributed by atoms with van der Waals surface area (Å²) in [5.41, 5.74) is 1.37. The van der Waals surface area contributed by atoms with Gasteiger partial charge in [0, 0.05) is 7.11 Å². The van der Waals surface area contributed by atoms with E-state index in [1.807, 2.05) is 18.4 Å². The van der Waals surface area contributed by atoms with Crippen molar-refractivity contribution >= 4 is 39.2 Å². The van der Waals surface area contributed by atoms with Gasteiger partial charge in [0.05, 0.1) is 35.1 Å². The molecule has 1 saturated heterocycles. The molecule has 11 heteroatoms. The Bertz CT molecular complexity index is 1030. The molecule has 1 aliphatic carbocycles. The van der Waals surface area contributed by atoms with E-state index in [0.29, 0.717) is 17.8 Å². The van der Waals surface area contributed by atoms with E-state index in [-0.39, 0.29) is 24.1 Å². The second-order valence-corrected chi connectivity index (χ2v) is 9.68. The fraction of sp³-hybridized carbons (Fsp3) is 0.600. The zero-order chi connectivity index (χ0) is 22.6. The Morgan fingerprint density at radius 1 is 1.29 bits per heavy atom. The number of nitrogens with zero attached hydrogens (tertiary/aromatic N) is 5. The Hall–Kier alpha value is -2.08. The summed E-state index contributed by atoms with van der Waals surface area (Å²) in [4.78, 5) is 25.6. The second-order valence-electron chi connectivity index (χ2n) is 8.97. The fourth-order valence-electron chi connectivity index (χ4n) is 3.86. The third-order valence-corrected chi connectivity index (χ3v) is 5.55. The Morgan fingerprint density at radius 3 is 2.71 bits per heavy atom. The van der Waals surface area contributed by atoms with E-state index in [0.717, 1.165) is 9.50 Å². The summed E-state index contributed by atoms with van der Waals surface area (Å²) in [7, 11) is 1.65. The molecule has 1 fully saturated rings. The first-order valence-corrected chi connectivity index (χ1v) is 10.6. The van der Waals surface area contributed by atoms with Crippen LogP contribution in [0.1, 0.15) is 40.7 Å². The number of aromatic nitrogens is 4. The Balaban J connectivity index is 1.70. The van der Waals surface area contributed by atoms with Gasteiger partial charge in [-0.1, -0.05) is 6.08 Å². The predicted molar refractivity (Wildman–Crippen MR) is 116 cm³/mol. The van der Waals surface area contributed by atoms with Gasteiger partial charge in [-0.2, -0.15) is 3.93 Å². The molecule has 3 unspecified atom stereocenters. The van der Waals surface area contributed by atoms with Crippen LogP contribution in [0.25, 0.3) is 11.2 Å². The molecule has 1 amide bonds. The number of carbonyl (C=O) groups excluding carboxylic acids is 1. The summed E-state index contributed by atoms with van der Waals surface area (Å²) in [6.07, 6.45) is 4.06. The topological polar surface area (TPSA) is 101 Å². The Kier molecular flexibility index (Phi) is 5.57. The lowest BCUT2D eigenvalue weighted by Crippen LogP contribution is -2.31. The van der Waals surface area contributed by atoms with Crippen LogP contribution in [0.3, 0.4) is 0 Å². The van der Waals surface area contributed by atoms with Crippen LogP contribution in [0.15, 0.2) is 24.3 Å². The van der Waals surface area contributed by atoms with Crippen molar-refractivity contribution in [2.24, 2.45) is 0 Å². The van der Waals surface area contributed by atoms with Gasteiger partial charge in [-0.15, -0.1) is 0 Å². The number of methoxy groups -OCH3 is 1. The lowest BCUT2D eigenvalue weighted by molar-refractivity contribution is -0.148. The van der Waals surface area contributed by atoms with Gasteiger partial charge < -0.3 is 23.5 Å². The van der Waals surface area contributed by atoms with Crippen LogP contribution < -0.4 is 3.93 Å². The zero-order valence-corrected chi connectivity index (χ0v) is 19.9. The molecule has 0 radical (unpaired) electrons. The van der Waals surface area contributed by atoms with E-state index in [4.69, 9.17) is 18.9 Å². The number of imidazole rings is 1. The van der Waals surface area contributed by atoms with Gasteiger partial charge in [0.15, 0.2) is 22.8 Å². The number of fused-ring (bicyclic) bond motifs is 2. The smallest absolute Gasteiger partial charge is 0.426 e. The van der Waals surface area contributed by atoms with Crippen molar-refractivity contribution in [2.75, 3.05) is 17.6 Å². The van der Waals surface area contributed by atoms with Crippen molar-refractivity contribution in [1.29, 1.82) is 0 Å². The minimum atomic E-state index is -0.708. The highest BCUT2D eigenvalue weighted by molar-refractivity contribution is 9.10. The molecule has 0 aromatic carbocycles. The molecule has 2 aromatic heterocycles. The number of anilines is 1. The second kappa shape index (κ2) is 7.80. The van der Waals surface area contributed by atoms with Gasteiger partial charge in [-0.25, -0.2) is 19.7 Å². The third kappa shape index (κ3) is 4.19. The molecule has 31 heavy (non-hydrogen) atoms. The molecule has 0 N–H and O–H groups in total. The summed E-state index contributed by atoms with van der Waals surface area (Å²) in [5.74, 6) is -0.418.